The quantitative estimate of drug-likeness (QED) is 0.317. The van der Waals surface area contributed by atoms with Gasteiger partial charge in [0.05, 0.1) is 6.61 Å². The Morgan fingerprint density at radius 3 is 2.39 bits per heavy atom. The zero-order valence-electron chi connectivity index (χ0n) is 16.5. The number of amides is 1. The lowest BCUT2D eigenvalue weighted by Gasteiger charge is -2.11. The zero-order valence-corrected chi connectivity index (χ0v) is 16.5. The third-order valence-corrected chi connectivity index (χ3v) is 3.91. The second kappa shape index (κ2) is 13.2. The van der Waals surface area contributed by atoms with Crippen LogP contribution in [-0.4, -0.2) is 38.1 Å². The number of hydrogen-bond donors (Lipinski definition) is 3. The predicted molar refractivity (Wildman–Crippen MR) is 113 cm³/mol. The summed E-state index contributed by atoms with van der Waals surface area (Å²) < 4.78 is 5.66. The molecule has 0 spiro atoms. The Morgan fingerprint density at radius 1 is 0.964 bits per heavy atom. The number of guanidine groups is 1. The Balaban J connectivity index is 1.61. The van der Waals surface area contributed by atoms with E-state index in [-0.39, 0.29) is 5.91 Å². The number of nitrogens with zero attached hydrogens (tertiary/aromatic N) is 1. The van der Waals surface area contributed by atoms with Gasteiger partial charge >= 0.3 is 0 Å². The molecule has 2 aromatic rings. The molecule has 0 saturated heterocycles. The highest BCUT2D eigenvalue weighted by Crippen LogP contribution is 2.08. The van der Waals surface area contributed by atoms with Gasteiger partial charge in [-0.25, -0.2) is 0 Å². The van der Waals surface area contributed by atoms with E-state index in [1.165, 1.54) is 0 Å². The van der Waals surface area contributed by atoms with E-state index in [9.17, 15) is 4.79 Å². The number of hydrogen-bond acceptors (Lipinski definition) is 3. The summed E-state index contributed by atoms with van der Waals surface area (Å²) in [6, 6.07) is 19.6. The molecule has 0 radical (unpaired) electrons. The molecule has 0 aliphatic carbocycles. The molecule has 0 atom stereocenters. The highest BCUT2D eigenvalue weighted by Gasteiger charge is 2.03. The van der Waals surface area contributed by atoms with Crippen molar-refractivity contribution < 1.29 is 9.53 Å². The number of para-hydroxylation sites is 1. The number of ether oxygens (including phenoxy) is 1. The van der Waals surface area contributed by atoms with Crippen molar-refractivity contribution in [3.63, 3.8) is 0 Å². The number of benzene rings is 2. The van der Waals surface area contributed by atoms with Gasteiger partial charge in [0.25, 0.3) is 0 Å². The van der Waals surface area contributed by atoms with E-state index in [1.807, 2.05) is 67.6 Å². The van der Waals surface area contributed by atoms with Crippen LogP contribution in [0, 0.1) is 0 Å². The van der Waals surface area contributed by atoms with Crippen LogP contribution in [0.1, 0.15) is 25.3 Å². The lowest BCUT2D eigenvalue weighted by molar-refractivity contribution is -0.121. The second-order valence-electron chi connectivity index (χ2n) is 6.21. The summed E-state index contributed by atoms with van der Waals surface area (Å²) in [5.41, 5.74) is 1.09. The highest BCUT2D eigenvalue weighted by molar-refractivity contribution is 5.81. The molecule has 28 heavy (non-hydrogen) atoms. The first-order chi connectivity index (χ1) is 13.8. The number of aliphatic imine (C=N–C) groups is 1. The van der Waals surface area contributed by atoms with Crippen LogP contribution in [0.15, 0.2) is 65.7 Å². The van der Waals surface area contributed by atoms with E-state index in [4.69, 9.17) is 4.74 Å². The number of nitrogens with one attached hydrogen (secondary N) is 3. The van der Waals surface area contributed by atoms with Crippen LogP contribution in [-0.2, 0) is 11.3 Å². The molecule has 0 unspecified atom stereocenters. The van der Waals surface area contributed by atoms with Crippen molar-refractivity contribution in [1.82, 2.24) is 16.0 Å². The Hall–Kier alpha value is -3.02. The maximum atomic E-state index is 12.0. The summed E-state index contributed by atoms with van der Waals surface area (Å²) in [6.45, 7) is 5.15. The number of carbonyl (C=O) groups is 1. The fraction of sp³-hybridized carbons (Fsp3) is 0.364. The van der Waals surface area contributed by atoms with Gasteiger partial charge in [-0.15, -0.1) is 0 Å². The van der Waals surface area contributed by atoms with E-state index < -0.39 is 0 Å². The van der Waals surface area contributed by atoms with Gasteiger partial charge in [-0.2, -0.15) is 0 Å². The standard InChI is InChI=1S/C22H30N4O2/c1-2-23-22(24-15-9-17-28-20-12-7-4-8-13-20)25-16-14-21(27)26-18-19-10-5-3-6-11-19/h3-8,10-13H,2,9,14-18H2,1H3,(H,26,27)(H2,23,24,25). The van der Waals surface area contributed by atoms with Gasteiger partial charge in [0.2, 0.25) is 5.91 Å². The fourth-order valence-corrected chi connectivity index (χ4v) is 2.48. The van der Waals surface area contributed by atoms with Gasteiger partial charge in [0, 0.05) is 39.0 Å². The van der Waals surface area contributed by atoms with E-state index in [0.717, 1.165) is 30.2 Å². The SMILES string of the molecule is CCNC(=NCCCOc1ccccc1)NCCC(=O)NCc1ccccc1. The second-order valence-corrected chi connectivity index (χ2v) is 6.21. The van der Waals surface area contributed by atoms with Gasteiger partial charge in [-0.1, -0.05) is 48.5 Å². The molecule has 0 aliphatic rings. The average Bonchev–Trinajstić information content (AvgIpc) is 2.73. The number of carbonyl (C=O) groups excluding carboxylic acids is 1. The van der Waals surface area contributed by atoms with Crippen LogP contribution in [0.2, 0.25) is 0 Å². The van der Waals surface area contributed by atoms with Gasteiger partial charge in [-0.05, 0) is 24.6 Å². The van der Waals surface area contributed by atoms with Crippen LogP contribution in [0.5, 0.6) is 5.75 Å². The maximum absolute atomic E-state index is 12.0. The van der Waals surface area contributed by atoms with Crippen molar-refractivity contribution in [3.05, 3.63) is 66.2 Å². The summed E-state index contributed by atoms with van der Waals surface area (Å²) >= 11 is 0. The molecule has 0 saturated carbocycles. The number of rotatable bonds is 11. The summed E-state index contributed by atoms with van der Waals surface area (Å²) in [5.74, 6) is 1.61. The largest absolute Gasteiger partial charge is 0.494 e. The first kappa shape index (κ1) is 21.3. The van der Waals surface area contributed by atoms with Crippen LogP contribution in [0.3, 0.4) is 0 Å². The molecule has 2 aromatic carbocycles. The summed E-state index contributed by atoms with van der Waals surface area (Å²) in [5, 5.41) is 9.31. The van der Waals surface area contributed by atoms with Crippen LogP contribution >= 0.6 is 0 Å². The van der Waals surface area contributed by atoms with Gasteiger partial charge in [-0.3, -0.25) is 9.79 Å². The smallest absolute Gasteiger partial charge is 0.222 e. The van der Waals surface area contributed by atoms with E-state index in [1.54, 1.807) is 0 Å². The Labute approximate surface area is 167 Å². The Bertz CT molecular complexity index is 705. The average molecular weight is 383 g/mol. The van der Waals surface area contributed by atoms with E-state index in [2.05, 4.69) is 20.9 Å². The fourth-order valence-electron chi connectivity index (χ4n) is 2.48. The van der Waals surface area contributed by atoms with E-state index >= 15 is 0 Å². The normalized spacial score (nSPS) is 11.0. The van der Waals surface area contributed by atoms with E-state index in [0.29, 0.717) is 32.7 Å². The molecular formula is C22H30N4O2. The summed E-state index contributed by atoms with van der Waals surface area (Å²) in [6.07, 6.45) is 1.22. The highest BCUT2D eigenvalue weighted by atomic mass is 16.5. The molecule has 1 amide bonds. The molecular weight excluding hydrogens is 352 g/mol. The van der Waals surface area contributed by atoms with Crippen molar-refractivity contribution in [3.8, 4) is 5.75 Å². The molecule has 0 aromatic heterocycles. The first-order valence-electron chi connectivity index (χ1n) is 9.78. The van der Waals surface area contributed by atoms with Crippen molar-refractivity contribution in [2.45, 2.75) is 26.3 Å². The maximum Gasteiger partial charge on any atom is 0.222 e. The van der Waals surface area contributed by atoms with Crippen LogP contribution in [0.25, 0.3) is 0 Å². The minimum atomic E-state index is 0.0171. The topological polar surface area (TPSA) is 74.8 Å². The molecule has 0 bridgehead atoms. The minimum absolute atomic E-state index is 0.0171. The third kappa shape index (κ3) is 9.07. The monoisotopic (exact) mass is 382 g/mol. The lowest BCUT2D eigenvalue weighted by Crippen LogP contribution is -2.39. The first-order valence-corrected chi connectivity index (χ1v) is 9.78. The van der Waals surface area contributed by atoms with Crippen molar-refractivity contribution in [2.24, 2.45) is 4.99 Å². The van der Waals surface area contributed by atoms with Crippen molar-refractivity contribution in [1.29, 1.82) is 0 Å². The molecule has 6 nitrogen and oxygen atoms in total. The molecule has 2 rings (SSSR count). The Kier molecular flexibility index (Phi) is 10.0. The van der Waals surface area contributed by atoms with Crippen molar-refractivity contribution in [2.75, 3.05) is 26.2 Å². The third-order valence-electron chi connectivity index (χ3n) is 3.91. The lowest BCUT2D eigenvalue weighted by atomic mass is 10.2. The molecule has 0 heterocycles. The molecule has 0 fully saturated rings. The Morgan fingerprint density at radius 2 is 1.68 bits per heavy atom. The van der Waals surface area contributed by atoms with Crippen LogP contribution in [0.4, 0.5) is 0 Å². The van der Waals surface area contributed by atoms with Gasteiger partial charge in [0.15, 0.2) is 5.96 Å². The molecule has 0 aliphatic heterocycles. The molecule has 150 valence electrons. The zero-order chi connectivity index (χ0) is 19.9. The van der Waals surface area contributed by atoms with Gasteiger partial charge in [0.1, 0.15) is 5.75 Å². The predicted octanol–water partition coefficient (Wildman–Crippen LogP) is 2.72. The van der Waals surface area contributed by atoms with Crippen LogP contribution < -0.4 is 20.7 Å². The van der Waals surface area contributed by atoms with Gasteiger partial charge < -0.3 is 20.7 Å². The van der Waals surface area contributed by atoms with Crippen molar-refractivity contribution >= 4 is 11.9 Å². The molecule has 3 N–H and O–H groups in total. The summed E-state index contributed by atoms with van der Waals surface area (Å²) in [7, 11) is 0. The minimum Gasteiger partial charge on any atom is -0.494 e. The summed E-state index contributed by atoms with van der Waals surface area (Å²) in [4.78, 5) is 16.5. The molecule has 6 heteroatoms.